The quantitative estimate of drug-likeness (QED) is 0.511. The van der Waals surface area contributed by atoms with Crippen LogP contribution in [0.25, 0.3) is 0 Å². The van der Waals surface area contributed by atoms with Gasteiger partial charge < -0.3 is 20.1 Å². The molecular formula is C21H36N4O2. The predicted octanol–water partition coefficient (Wildman–Crippen LogP) is 2.24. The molecule has 2 rings (SSSR count). The Morgan fingerprint density at radius 3 is 2.63 bits per heavy atom. The number of morpholine rings is 1. The number of ether oxygens (including phenoxy) is 2. The highest BCUT2D eigenvalue weighted by Gasteiger charge is 2.23. The third-order valence-electron chi connectivity index (χ3n) is 4.83. The van der Waals surface area contributed by atoms with Gasteiger partial charge >= 0.3 is 0 Å². The number of hydrogen-bond donors (Lipinski definition) is 2. The standard InChI is InChI=1S/C21H36N4O2/c1-5-22-21(23-14-18-7-6-8-19(13-18)16-26-4)24-15-20(17(2)3)25-9-11-27-12-10-25/h6-8,13,17,20H,5,9-12,14-16H2,1-4H3,(H2,22,23,24). The highest BCUT2D eigenvalue weighted by Crippen LogP contribution is 2.12. The van der Waals surface area contributed by atoms with E-state index in [2.05, 4.69) is 60.6 Å². The van der Waals surface area contributed by atoms with Gasteiger partial charge in [0.25, 0.3) is 0 Å². The minimum atomic E-state index is 0.475. The van der Waals surface area contributed by atoms with Crippen molar-refractivity contribution < 1.29 is 9.47 Å². The van der Waals surface area contributed by atoms with Gasteiger partial charge in [0.2, 0.25) is 0 Å². The number of methoxy groups -OCH3 is 1. The third-order valence-corrected chi connectivity index (χ3v) is 4.83. The summed E-state index contributed by atoms with van der Waals surface area (Å²) >= 11 is 0. The van der Waals surface area contributed by atoms with Crippen molar-refractivity contribution in [2.75, 3.05) is 46.5 Å². The smallest absolute Gasteiger partial charge is 0.191 e. The van der Waals surface area contributed by atoms with Gasteiger partial charge in [0.15, 0.2) is 5.96 Å². The Morgan fingerprint density at radius 2 is 1.96 bits per heavy atom. The number of benzene rings is 1. The van der Waals surface area contributed by atoms with E-state index in [1.165, 1.54) is 11.1 Å². The molecule has 1 aliphatic rings. The van der Waals surface area contributed by atoms with E-state index in [9.17, 15) is 0 Å². The van der Waals surface area contributed by atoms with E-state index >= 15 is 0 Å². The summed E-state index contributed by atoms with van der Waals surface area (Å²) in [7, 11) is 1.72. The molecule has 0 bridgehead atoms. The van der Waals surface area contributed by atoms with Crippen molar-refractivity contribution in [1.82, 2.24) is 15.5 Å². The van der Waals surface area contributed by atoms with E-state index in [0.29, 0.717) is 25.1 Å². The second-order valence-electron chi connectivity index (χ2n) is 7.29. The molecule has 6 nitrogen and oxygen atoms in total. The molecule has 1 aromatic carbocycles. The number of nitrogens with zero attached hydrogens (tertiary/aromatic N) is 2. The maximum Gasteiger partial charge on any atom is 0.191 e. The van der Waals surface area contributed by atoms with Gasteiger partial charge in [-0.15, -0.1) is 0 Å². The number of hydrogen-bond acceptors (Lipinski definition) is 4. The van der Waals surface area contributed by atoms with Gasteiger partial charge in [0, 0.05) is 39.3 Å². The summed E-state index contributed by atoms with van der Waals surface area (Å²) in [4.78, 5) is 7.30. The Bertz CT molecular complexity index is 571. The normalized spacial score (nSPS) is 17.1. The molecule has 0 aromatic heterocycles. The fourth-order valence-electron chi connectivity index (χ4n) is 3.39. The van der Waals surface area contributed by atoms with Crippen LogP contribution in [0.3, 0.4) is 0 Å². The van der Waals surface area contributed by atoms with Gasteiger partial charge in [-0.1, -0.05) is 38.1 Å². The van der Waals surface area contributed by atoms with Crippen LogP contribution in [0.2, 0.25) is 0 Å². The summed E-state index contributed by atoms with van der Waals surface area (Å²) in [5.41, 5.74) is 2.37. The zero-order valence-corrected chi connectivity index (χ0v) is 17.3. The van der Waals surface area contributed by atoms with Crippen molar-refractivity contribution in [2.24, 2.45) is 10.9 Å². The van der Waals surface area contributed by atoms with Crippen LogP contribution in [0.5, 0.6) is 0 Å². The van der Waals surface area contributed by atoms with E-state index in [1.807, 2.05) is 0 Å². The van der Waals surface area contributed by atoms with Crippen LogP contribution in [0.1, 0.15) is 31.9 Å². The van der Waals surface area contributed by atoms with Crippen molar-refractivity contribution in [3.63, 3.8) is 0 Å². The predicted molar refractivity (Wildman–Crippen MR) is 111 cm³/mol. The van der Waals surface area contributed by atoms with Crippen molar-refractivity contribution in [1.29, 1.82) is 0 Å². The third kappa shape index (κ3) is 7.48. The highest BCUT2D eigenvalue weighted by molar-refractivity contribution is 5.79. The first-order valence-electron chi connectivity index (χ1n) is 10.0. The Kier molecular flexibility index (Phi) is 9.59. The summed E-state index contributed by atoms with van der Waals surface area (Å²) in [6.45, 7) is 13.3. The first kappa shape index (κ1) is 21.7. The van der Waals surface area contributed by atoms with Crippen LogP contribution in [-0.4, -0.2) is 63.4 Å². The molecule has 2 N–H and O–H groups in total. The average Bonchev–Trinajstić information content (AvgIpc) is 2.67. The molecule has 152 valence electrons. The molecule has 27 heavy (non-hydrogen) atoms. The Labute approximate surface area is 164 Å². The zero-order valence-electron chi connectivity index (χ0n) is 17.3. The molecule has 0 amide bonds. The van der Waals surface area contributed by atoms with E-state index in [0.717, 1.165) is 45.4 Å². The van der Waals surface area contributed by atoms with Crippen molar-refractivity contribution in [2.45, 2.75) is 40.0 Å². The first-order valence-corrected chi connectivity index (χ1v) is 10.0. The molecule has 1 atom stereocenters. The van der Waals surface area contributed by atoms with Crippen molar-refractivity contribution >= 4 is 5.96 Å². The summed E-state index contributed by atoms with van der Waals surface area (Å²) in [6.07, 6.45) is 0. The van der Waals surface area contributed by atoms with Gasteiger partial charge in [0.1, 0.15) is 0 Å². The molecule has 1 fully saturated rings. The second-order valence-corrected chi connectivity index (χ2v) is 7.29. The van der Waals surface area contributed by atoms with E-state index < -0.39 is 0 Å². The molecule has 1 heterocycles. The van der Waals surface area contributed by atoms with Gasteiger partial charge in [-0.2, -0.15) is 0 Å². The molecule has 1 saturated heterocycles. The van der Waals surface area contributed by atoms with Crippen LogP contribution in [-0.2, 0) is 22.6 Å². The Morgan fingerprint density at radius 1 is 1.22 bits per heavy atom. The molecule has 0 radical (unpaired) electrons. The fourth-order valence-corrected chi connectivity index (χ4v) is 3.39. The topological polar surface area (TPSA) is 58.1 Å². The molecule has 6 heteroatoms. The minimum absolute atomic E-state index is 0.475. The van der Waals surface area contributed by atoms with E-state index in [-0.39, 0.29) is 0 Å². The summed E-state index contributed by atoms with van der Waals surface area (Å²) in [5, 5.41) is 6.90. The van der Waals surface area contributed by atoms with Gasteiger partial charge in [-0.25, -0.2) is 4.99 Å². The SMILES string of the molecule is CCNC(=NCc1cccc(COC)c1)NCC(C(C)C)N1CCOCC1. The number of rotatable bonds is 9. The van der Waals surface area contributed by atoms with Crippen LogP contribution < -0.4 is 10.6 Å². The lowest BCUT2D eigenvalue weighted by Gasteiger charge is -2.37. The molecule has 1 aliphatic heterocycles. The minimum Gasteiger partial charge on any atom is -0.380 e. The number of aliphatic imine (C=N–C) groups is 1. The monoisotopic (exact) mass is 376 g/mol. The number of nitrogens with one attached hydrogen (secondary N) is 2. The van der Waals surface area contributed by atoms with E-state index in [4.69, 9.17) is 14.5 Å². The molecule has 1 unspecified atom stereocenters. The zero-order chi connectivity index (χ0) is 19.5. The summed E-state index contributed by atoms with van der Waals surface area (Å²) in [5.74, 6) is 1.44. The largest absolute Gasteiger partial charge is 0.380 e. The summed E-state index contributed by atoms with van der Waals surface area (Å²) in [6, 6.07) is 8.88. The Hall–Kier alpha value is -1.63. The molecule has 1 aromatic rings. The average molecular weight is 377 g/mol. The van der Waals surface area contributed by atoms with Crippen LogP contribution in [0, 0.1) is 5.92 Å². The van der Waals surface area contributed by atoms with Crippen LogP contribution in [0.15, 0.2) is 29.3 Å². The fraction of sp³-hybridized carbons (Fsp3) is 0.667. The van der Waals surface area contributed by atoms with Crippen molar-refractivity contribution in [3.05, 3.63) is 35.4 Å². The second kappa shape index (κ2) is 12.0. The summed E-state index contributed by atoms with van der Waals surface area (Å²) < 4.78 is 10.7. The van der Waals surface area contributed by atoms with Crippen molar-refractivity contribution in [3.8, 4) is 0 Å². The molecular weight excluding hydrogens is 340 g/mol. The van der Waals surface area contributed by atoms with Gasteiger partial charge in [0.05, 0.1) is 26.4 Å². The lowest BCUT2D eigenvalue weighted by atomic mass is 10.0. The number of guanidine groups is 1. The maximum absolute atomic E-state index is 5.50. The van der Waals surface area contributed by atoms with Gasteiger partial charge in [-0.05, 0) is 24.0 Å². The van der Waals surface area contributed by atoms with Crippen LogP contribution in [0.4, 0.5) is 0 Å². The lowest BCUT2D eigenvalue weighted by Crippen LogP contribution is -2.52. The lowest BCUT2D eigenvalue weighted by molar-refractivity contribution is 0.00752. The first-order chi connectivity index (χ1) is 13.1. The molecule has 0 aliphatic carbocycles. The van der Waals surface area contributed by atoms with E-state index in [1.54, 1.807) is 7.11 Å². The Balaban J connectivity index is 1.96. The molecule has 0 saturated carbocycles. The van der Waals surface area contributed by atoms with Gasteiger partial charge in [-0.3, -0.25) is 4.90 Å². The maximum atomic E-state index is 5.50. The highest BCUT2D eigenvalue weighted by atomic mass is 16.5. The molecule has 0 spiro atoms. The van der Waals surface area contributed by atoms with Crippen LogP contribution >= 0.6 is 0 Å².